The Morgan fingerprint density at radius 3 is 2.56 bits per heavy atom. The Hall–Kier alpha value is -3.22. The first-order valence-electron chi connectivity index (χ1n) is 7.82. The molecule has 0 aliphatic carbocycles. The molecule has 0 aliphatic rings. The molecule has 0 aliphatic heterocycles. The van der Waals surface area contributed by atoms with Crippen molar-refractivity contribution in [1.82, 2.24) is 10.1 Å². The van der Waals surface area contributed by atoms with Gasteiger partial charge in [-0.1, -0.05) is 12.1 Å². The van der Waals surface area contributed by atoms with Crippen LogP contribution in [0.4, 0.5) is 20.6 Å². The molecule has 7 heteroatoms. The molecule has 0 radical (unpaired) electrons. The van der Waals surface area contributed by atoms with Crippen molar-refractivity contribution < 1.29 is 13.7 Å². The molecule has 1 aromatic heterocycles. The lowest BCUT2D eigenvalue weighted by molar-refractivity contribution is 0.262. The van der Waals surface area contributed by atoms with Crippen LogP contribution in [0.15, 0.2) is 47.0 Å². The van der Waals surface area contributed by atoms with Crippen LogP contribution in [0.3, 0.4) is 0 Å². The average Bonchev–Trinajstić information content (AvgIpc) is 3.07. The monoisotopic (exact) mass is 340 g/mol. The van der Waals surface area contributed by atoms with Crippen LogP contribution >= 0.6 is 0 Å². The number of carbonyl (C=O) groups excluding carboxylic acids is 1. The summed E-state index contributed by atoms with van der Waals surface area (Å²) in [6.07, 6.45) is 0.676. The number of aryl methyl sites for hydroxylation is 2. The molecule has 0 saturated heterocycles. The van der Waals surface area contributed by atoms with Gasteiger partial charge in [-0.3, -0.25) is 0 Å². The van der Waals surface area contributed by atoms with Crippen molar-refractivity contribution >= 4 is 17.4 Å². The van der Waals surface area contributed by atoms with E-state index in [9.17, 15) is 9.18 Å². The Labute approximate surface area is 144 Å². The first-order valence-corrected chi connectivity index (χ1v) is 7.82. The van der Waals surface area contributed by atoms with E-state index < -0.39 is 6.03 Å². The van der Waals surface area contributed by atoms with Gasteiger partial charge < -0.3 is 15.2 Å². The van der Waals surface area contributed by atoms with Crippen LogP contribution in [0.5, 0.6) is 0 Å². The molecule has 0 atom stereocenters. The molecule has 2 aromatic carbocycles. The Bertz CT molecular complexity index is 890. The van der Waals surface area contributed by atoms with Crippen LogP contribution in [-0.2, 0) is 6.42 Å². The van der Waals surface area contributed by atoms with Gasteiger partial charge in [-0.05, 0) is 55.0 Å². The highest BCUT2D eigenvalue weighted by Gasteiger charge is 2.09. The van der Waals surface area contributed by atoms with Crippen molar-refractivity contribution in [2.45, 2.75) is 20.3 Å². The molecule has 0 spiro atoms. The van der Waals surface area contributed by atoms with Crippen LogP contribution in [0, 0.1) is 12.7 Å². The zero-order valence-corrected chi connectivity index (χ0v) is 13.8. The van der Waals surface area contributed by atoms with Gasteiger partial charge in [0.15, 0.2) is 0 Å². The van der Waals surface area contributed by atoms with E-state index in [1.165, 1.54) is 18.2 Å². The predicted octanol–water partition coefficient (Wildman–Crippen LogP) is 4.39. The van der Waals surface area contributed by atoms with Gasteiger partial charge in [-0.25, -0.2) is 9.18 Å². The molecule has 3 aromatic rings. The van der Waals surface area contributed by atoms with E-state index in [0.29, 0.717) is 35.1 Å². The third kappa shape index (κ3) is 4.00. The number of amides is 2. The maximum absolute atomic E-state index is 13.1. The highest BCUT2D eigenvalue weighted by atomic mass is 19.1. The third-order valence-electron chi connectivity index (χ3n) is 3.61. The van der Waals surface area contributed by atoms with E-state index >= 15 is 0 Å². The second kappa shape index (κ2) is 7.12. The van der Waals surface area contributed by atoms with Crippen LogP contribution in [0.2, 0.25) is 0 Å². The van der Waals surface area contributed by atoms with E-state index in [1.54, 1.807) is 31.2 Å². The molecule has 2 amide bonds. The molecule has 0 unspecified atom stereocenters. The minimum Gasteiger partial charge on any atom is -0.339 e. The van der Waals surface area contributed by atoms with E-state index in [4.69, 9.17) is 4.52 Å². The number of nitrogens with zero attached hydrogens (tertiary/aromatic N) is 2. The number of urea groups is 1. The van der Waals surface area contributed by atoms with Crippen molar-refractivity contribution in [3.63, 3.8) is 0 Å². The second-order valence-electron chi connectivity index (χ2n) is 5.48. The van der Waals surface area contributed by atoms with E-state index in [0.717, 1.165) is 5.56 Å². The van der Waals surface area contributed by atoms with Crippen molar-refractivity contribution in [1.29, 1.82) is 0 Å². The fourth-order valence-corrected chi connectivity index (χ4v) is 2.27. The van der Waals surface area contributed by atoms with E-state index in [-0.39, 0.29) is 5.82 Å². The quantitative estimate of drug-likeness (QED) is 0.738. The molecule has 3 rings (SSSR count). The van der Waals surface area contributed by atoms with Gasteiger partial charge in [-0.2, -0.15) is 4.98 Å². The van der Waals surface area contributed by atoms with E-state index in [1.807, 2.05) is 6.92 Å². The predicted molar refractivity (Wildman–Crippen MR) is 92.9 cm³/mol. The summed E-state index contributed by atoms with van der Waals surface area (Å²) in [5.41, 5.74) is 2.60. The number of carbonyl (C=O) groups is 1. The fraction of sp³-hybridized carbons (Fsp3) is 0.167. The molecular formula is C18H17FN4O2. The standard InChI is InChI=1S/C18H17FN4O2/c1-3-16-22-17(23-25-16)12-4-7-14(8-5-12)20-18(24)21-15-9-6-13(19)10-11(15)2/h4-10H,3H2,1-2H3,(H2,20,21,24). The number of nitrogens with one attached hydrogen (secondary N) is 2. The third-order valence-corrected chi connectivity index (χ3v) is 3.61. The van der Waals surface area contributed by atoms with Gasteiger partial charge in [0.1, 0.15) is 5.82 Å². The van der Waals surface area contributed by atoms with Crippen molar-refractivity contribution in [2.75, 3.05) is 10.6 Å². The molecule has 1 heterocycles. The smallest absolute Gasteiger partial charge is 0.323 e. The van der Waals surface area contributed by atoms with Crippen LogP contribution in [0.25, 0.3) is 11.4 Å². The summed E-state index contributed by atoms with van der Waals surface area (Å²) in [6.45, 7) is 3.66. The van der Waals surface area contributed by atoms with Crippen LogP contribution in [0.1, 0.15) is 18.4 Å². The summed E-state index contributed by atoms with van der Waals surface area (Å²) in [5.74, 6) is 0.743. The number of anilines is 2. The zero-order valence-electron chi connectivity index (χ0n) is 13.8. The van der Waals surface area contributed by atoms with Crippen molar-refractivity contribution in [2.24, 2.45) is 0 Å². The molecule has 0 fully saturated rings. The summed E-state index contributed by atoms with van der Waals surface area (Å²) >= 11 is 0. The minimum absolute atomic E-state index is 0.341. The summed E-state index contributed by atoms with van der Waals surface area (Å²) < 4.78 is 18.2. The lowest BCUT2D eigenvalue weighted by Gasteiger charge is -2.10. The highest BCUT2D eigenvalue weighted by molar-refractivity contribution is 6.00. The normalized spacial score (nSPS) is 10.5. The summed E-state index contributed by atoms with van der Waals surface area (Å²) in [4.78, 5) is 16.3. The zero-order chi connectivity index (χ0) is 17.8. The molecule has 0 bridgehead atoms. The molecule has 6 nitrogen and oxygen atoms in total. The molecule has 25 heavy (non-hydrogen) atoms. The van der Waals surface area contributed by atoms with Crippen LogP contribution < -0.4 is 10.6 Å². The Kier molecular flexibility index (Phi) is 4.74. The lowest BCUT2D eigenvalue weighted by Crippen LogP contribution is -2.19. The first-order chi connectivity index (χ1) is 12.0. The maximum Gasteiger partial charge on any atom is 0.323 e. The summed E-state index contributed by atoms with van der Waals surface area (Å²) in [5, 5.41) is 9.31. The molecule has 128 valence electrons. The summed E-state index contributed by atoms with van der Waals surface area (Å²) in [7, 11) is 0. The second-order valence-corrected chi connectivity index (χ2v) is 5.48. The van der Waals surface area contributed by atoms with Crippen molar-refractivity contribution in [3.8, 4) is 11.4 Å². The van der Waals surface area contributed by atoms with Gasteiger partial charge in [0, 0.05) is 23.4 Å². The minimum atomic E-state index is -0.407. The van der Waals surface area contributed by atoms with Crippen LogP contribution in [-0.4, -0.2) is 16.2 Å². The maximum atomic E-state index is 13.1. The topological polar surface area (TPSA) is 80.0 Å². The number of benzene rings is 2. The Morgan fingerprint density at radius 1 is 1.16 bits per heavy atom. The average molecular weight is 340 g/mol. The van der Waals surface area contributed by atoms with Gasteiger partial charge >= 0.3 is 6.03 Å². The molecule has 2 N–H and O–H groups in total. The fourth-order valence-electron chi connectivity index (χ4n) is 2.27. The van der Waals surface area contributed by atoms with Gasteiger partial charge in [-0.15, -0.1) is 0 Å². The number of hydrogen-bond acceptors (Lipinski definition) is 4. The van der Waals surface area contributed by atoms with Gasteiger partial charge in [0.2, 0.25) is 11.7 Å². The Morgan fingerprint density at radius 2 is 1.92 bits per heavy atom. The SMILES string of the molecule is CCc1nc(-c2ccc(NC(=O)Nc3ccc(F)cc3C)cc2)no1. The number of aromatic nitrogens is 2. The molecule has 0 saturated carbocycles. The van der Waals surface area contributed by atoms with E-state index in [2.05, 4.69) is 20.8 Å². The summed E-state index contributed by atoms with van der Waals surface area (Å²) in [6, 6.07) is 10.9. The molecular weight excluding hydrogens is 323 g/mol. The van der Waals surface area contributed by atoms with Gasteiger partial charge in [0.05, 0.1) is 0 Å². The first kappa shape index (κ1) is 16.6. The highest BCUT2D eigenvalue weighted by Crippen LogP contribution is 2.20. The van der Waals surface area contributed by atoms with Gasteiger partial charge in [0.25, 0.3) is 0 Å². The number of hydrogen-bond donors (Lipinski definition) is 2. The van der Waals surface area contributed by atoms with Crippen molar-refractivity contribution in [3.05, 3.63) is 59.7 Å². The number of rotatable bonds is 4. The lowest BCUT2D eigenvalue weighted by atomic mass is 10.2. The Balaban J connectivity index is 1.65. The largest absolute Gasteiger partial charge is 0.339 e. The number of halogens is 1.